The molecular formula is C17H24BrNO2. The number of hydrogen-bond acceptors (Lipinski definition) is 3. The van der Waals surface area contributed by atoms with Gasteiger partial charge in [0.1, 0.15) is 5.54 Å². The number of nitrogens with one attached hydrogen (secondary N) is 1. The predicted molar refractivity (Wildman–Crippen MR) is 89.4 cm³/mol. The van der Waals surface area contributed by atoms with Crippen LogP contribution in [0.5, 0.6) is 0 Å². The van der Waals surface area contributed by atoms with E-state index in [9.17, 15) is 4.79 Å². The molecule has 1 N–H and O–H groups in total. The average Bonchev–Trinajstić information content (AvgIpc) is 2.69. The second kappa shape index (κ2) is 7.30. The van der Waals surface area contributed by atoms with E-state index in [-0.39, 0.29) is 5.97 Å². The Morgan fingerprint density at radius 2 is 2.24 bits per heavy atom. The molecule has 0 heterocycles. The number of carbonyl (C=O) groups excluding carboxylic acids is 1. The highest BCUT2D eigenvalue weighted by molar-refractivity contribution is 9.10. The molecule has 116 valence electrons. The first-order chi connectivity index (χ1) is 10.1. The zero-order valence-corrected chi connectivity index (χ0v) is 14.4. The van der Waals surface area contributed by atoms with Crippen molar-refractivity contribution in [2.24, 2.45) is 5.92 Å². The molecule has 0 spiro atoms. The van der Waals surface area contributed by atoms with Gasteiger partial charge in [-0.3, -0.25) is 0 Å². The molecule has 2 rings (SSSR count). The Hall–Kier alpha value is -1.03. The van der Waals surface area contributed by atoms with Crippen LogP contribution in [0.3, 0.4) is 0 Å². The van der Waals surface area contributed by atoms with E-state index in [1.165, 1.54) is 20.0 Å². The van der Waals surface area contributed by atoms with E-state index >= 15 is 0 Å². The van der Waals surface area contributed by atoms with Crippen molar-refractivity contribution >= 4 is 27.6 Å². The summed E-state index contributed by atoms with van der Waals surface area (Å²) in [7, 11) is 1.48. The highest BCUT2D eigenvalue weighted by Crippen LogP contribution is 2.35. The molecule has 1 aromatic carbocycles. The van der Waals surface area contributed by atoms with Gasteiger partial charge in [-0.1, -0.05) is 48.2 Å². The third kappa shape index (κ3) is 4.00. The number of rotatable bonds is 4. The first kappa shape index (κ1) is 16.3. The Morgan fingerprint density at radius 1 is 1.43 bits per heavy atom. The normalized spacial score (nSPS) is 26.0. The fraction of sp³-hybridized carbons (Fsp3) is 0.588. The van der Waals surface area contributed by atoms with E-state index in [4.69, 9.17) is 4.74 Å². The second-order valence-electron chi connectivity index (χ2n) is 5.91. The zero-order valence-electron chi connectivity index (χ0n) is 12.8. The molecular weight excluding hydrogens is 330 g/mol. The smallest absolute Gasteiger partial charge is 0.331 e. The van der Waals surface area contributed by atoms with E-state index < -0.39 is 5.54 Å². The number of benzene rings is 1. The van der Waals surface area contributed by atoms with Crippen LogP contribution < -0.4 is 5.32 Å². The van der Waals surface area contributed by atoms with Gasteiger partial charge >= 0.3 is 5.97 Å². The Labute approximate surface area is 135 Å². The highest BCUT2D eigenvalue weighted by Gasteiger charge is 2.41. The minimum Gasteiger partial charge on any atom is -0.467 e. The molecule has 1 aromatic rings. The fourth-order valence-electron chi connectivity index (χ4n) is 3.24. The highest BCUT2D eigenvalue weighted by atomic mass is 79.9. The molecule has 4 heteroatoms. The maximum atomic E-state index is 12.4. The van der Waals surface area contributed by atoms with Crippen LogP contribution in [0, 0.1) is 5.92 Å². The lowest BCUT2D eigenvalue weighted by atomic mass is 9.88. The molecule has 0 bridgehead atoms. The van der Waals surface area contributed by atoms with E-state index in [1.807, 2.05) is 24.3 Å². The minimum absolute atomic E-state index is 0.140. The van der Waals surface area contributed by atoms with Crippen molar-refractivity contribution in [3.05, 3.63) is 28.7 Å². The third-order valence-corrected chi connectivity index (χ3v) is 5.05. The van der Waals surface area contributed by atoms with Gasteiger partial charge in [0.2, 0.25) is 0 Å². The number of hydrogen-bond donors (Lipinski definition) is 1. The maximum absolute atomic E-state index is 12.4. The van der Waals surface area contributed by atoms with Crippen molar-refractivity contribution in [1.29, 1.82) is 0 Å². The van der Waals surface area contributed by atoms with Crippen LogP contribution in [0.2, 0.25) is 0 Å². The quantitative estimate of drug-likeness (QED) is 0.626. The number of anilines is 1. The number of ether oxygens (including phenoxy) is 1. The minimum atomic E-state index is -0.584. The monoisotopic (exact) mass is 353 g/mol. The molecule has 0 aromatic heterocycles. The van der Waals surface area contributed by atoms with Crippen LogP contribution in [0.15, 0.2) is 28.7 Å². The molecule has 1 saturated carbocycles. The van der Waals surface area contributed by atoms with Crippen LogP contribution >= 0.6 is 15.9 Å². The van der Waals surface area contributed by atoms with E-state index in [1.54, 1.807) is 0 Å². The SMILES string of the molecule is CCC1CCCC(Nc2cccc(Br)c2)(C(=O)OC)CC1. The van der Waals surface area contributed by atoms with Crippen LogP contribution in [-0.2, 0) is 9.53 Å². The largest absolute Gasteiger partial charge is 0.467 e. The van der Waals surface area contributed by atoms with Gasteiger partial charge in [-0.15, -0.1) is 0 Å². The maximum Gasteiger partial charge on any atom is 0.331 e. The zero-order chi connectivity index (χ0) is 15.3. The fourth-order valence-corrected chi connectivity index (χ4v) is 3.64. The van der Waals surface area contributed by atoms with Gasteiger partial charge in [0.25, 0.3) is 0 Å². The molecule has 0 amide bonds. The summed E-state index contributed by atoms with van der Waals surface area (Å²) in [4.78, 5) is 12.4. The molecule has 3 nitrogen and oxygen atoms in total. The number of methoxy groups -OCH3 is 1. The summed E-state index contributed by atoms with van der Waals surface area (Å²) in [5, 5.41) is 3.47. The van der Waals surface area contributed by atoms with E-state index in [0.717, 1.165) is 41.8 Å². The number of carbonyl (C=O) groups is 1. The summed E-state index contributed by atoms with van der Waals surface area (Å²) >= 11 is 3.48. The topological polar surface area (TPSA) is 38.3 Å². The van der Waals surface area contributed by atoms with Crippen molar-refractivity contribution in [2.45, 2.75) is 51.0 Å². The summed E-state index contributed by atoms with van der Waals surface area (Å²) < 4.78 is 6.11. The van der Waals surface area contributed by atoms with Crippen molar-refractivity contribution < 1.29 is 9.53 Å². The van der Waals surface area contributed by atoms with Gasteiger partial charge in [-0.05, 0) is 43.4 Å². The standard InChI is InChI=1S/C17H24BrNO2/c1-3-13-6-5-10-17(11-9-13,16(20)21-2)19-15-8-4-7-14(18)12-15/h4,7-8,12-13,19H,3,5-6,9-11H2,1-2H3. The number of esters is 1. The Morgan fingerprint density at radius 3 is 2.90 bits per heavy atom. The molecule has 1 fully saturated rings. The van der Waals surface area contributed by atoms with Gasteiger partial charge < -0.3 is 10.1 Å². The summed E-state index contributed by atoms with van der Waals surface area (Å²) in [5.74, 6) is 0.583. The second-order valence-corrected chi connectivity index (χ2v) is 6.83. The molecule has 21 heavy (non-hydrogen) atoms. The van der Waals surface area contributed by atoms with E-state index in [2.05, 4.69) is 28.2 Å². The lowest BCUT2D eigenvalue weighted by Gasteiger charge is -2.32. The van der Waals surface area contributed by atoms with Crippen LogP contribution in [-0.4, -0.2) is 18.6 Å². The molecule has 0 saturated heterocycles. The van der Waals surface area contributed by atoms with Crippen molar-refractivity contribution in [2.75, 3.05) is 12.4 Å². The molecule has 0 radical (unpaired) electrons. The van der Waals surface area contributed by atoms with Gasteiger partial charge in [0, 0.05) is 10.2 Å². The molecule has 1 aliphatic carbocycles. The van der Waals surface area contributed by atoms with Crippen LogP contribution in [0.1, 0.15) is 45.4 Å². The summed E-state index contributed by atoms with van der Waals surface area (Å²) in [5.41, 5.74) is 0.379. The third-order valence-electron chi connectivity index (χ3n) is 4.56. The van der Waals surface area contributed by atoms with Crippen molar-refractivity contribution in [3.8, 4) is 0 Å². The summed E-state index contributed by atoms with van der Waals surface area (Å²) in [6, 6.07) is 7.96. The average molecular weight is 354 g/mol. The lowest BCUT2D eigenvalue weighted by molar-refractivity contribution is -0.146. The Balaban J connectivity index is 2.23. The van der Waals surface area contributed by atoms with Crippen LogP contribution in [0.4, 0.5) is 5.69 Å². The first-order valence-corrected chi connectivity index (χ1v) is 8.51. The van der Waals surface area contributed by atoms with E-state index in [0.29, 0.717) is 0 Å². The molecule has 1 aliphatic rings. The van der Waals surface area contributed by atoms with Gasteiger partial charge in [0.05, 0.1) is 7.11 Å². The van der Waals surface area contributed by atoms with Crippen molar-refractivity contribution in [1.82, 2.24) is 0 Å². The van der Waals surface area contributed by atoms with Gasteiger partial charge in [0.15, 0.2) is 0 Å². The summed E-state index contributed by atoms with van der Waals surface area (Å²) in [6.07, 6.45) is 6.21. The Bertz CT molecular complexity index is 491. The molecule has 2 atom stereocenters. The van der Waals surface area contributed by atoms with Crippen LogP contribution in [0.25, 0.3) is 0 Å². The molecule has 0 aliphatic heterocycles. The van der Waals surface area contributed by atoms with Gasteiger partial charge in [-0.2, -0.15) is 0 Å². The Kier molecular flexibility index (Phi) is 5.68. The number of halogens is 1. The summed E-state index contributed by atoms with van der Waals surface area (Å²) in [6.45, 7) is 2.23. The first-order valence-electron chi connectivity index (χ1n) is 7.72. The molecule has 2 unspecified atom stereocenters. The van der Waals surface area contributed by atoms with Gasteiger partial charge in [-0.25, -0.2) is 4.79 Å². The predicted octanol–water partition coefficient (Wildman–Crippen LogP) is 4.76. The lowest BCUT2D eigenvalue weighted by Crippen LogP contribution is -2.46. The van der Waals surface area contributed by atoms with Crippen molar-refractivity contribution in [3.63, 3.8) is 0 Å².